The maximum atomic E-state index is 13.3. The lowest BCUT2D eigenvalue weighted by Crippen LogP contribution is -2.23. The Balaban J connectivity index is 1.67. The molecule has 0 spiro atoms. The number of benzene rings is 2. The van der Waals surface area contributed by atoms with Crippen molar-refractivity contribution in [1.29, 1.82) is 0 Å². The fourth-order valence-electron chi connectivity index (χ4n) is 2.26. The molecule has 0 aliphatic rings. The molecule has 5 nitrogen and oxygen atoms in total. The van der Waals surface area contributed by atoms with Gasteiger partial charge in [0, 0.05) is 23.7 Å². The Labute approximate surface area is 141 Å². The summed E-state index contributed by atoms with van der Waals surface area (Å²) in [6.45, 7) is -0.275. The van der Waals surface area contributed by atoms with E-state index in [9.17, 15) is 13.6 Å². The third kappa shape index (κ3) is 3.89. The average Bonchev–Trinajstić information content (AvgIpc) is 3.11. The number of carbonyl (C=O) groups excluding carboxylic acids is 1. The van der Waals surface area contributed by atoms with Gasteiger partial charge in [0.15, 0.2) is 11.5 Å². The van der Waals surface area contributed by atoms with Crippen molar-refractivity contribution in [2.45, 2.75) is 13.2 Å². The quantitative estimate of drug-likeness (QED) is 0.746. The van der Waals surface area contributed by atoms with Gasteiger partial charge < -0.3 is 14.9 Å². The van der Waals surface area contributed by atoms with E-state index >= 15 is 0 Å². The molecule has 0 aliphatic heterocycles. The van der Waals surface area contributed by atoms with E-state index in [1.54, 1.807) is 0 Å². The van der Waals surface area contributed by atoms with Gasteiger partial charge in [-0.2, -0.15) is 0 Å². The molecule has 2 aromatic carbocycles. The molecule has 3 rings (SSSR count). The molecule has 0 fully saturated rings. The number of rotatable bonds is 5. The molecule has 25 heavy (non-hydrogen) atoms. The van der Waals surface area contributed by atoms with Gasteiger partial charge in [-0.25, -0.2) is 8.78 Å². The van der Waals surface area contributed by atoms with Gasteiger partial charge >= 0.3 is 0 Å². The predicted octanol–water partition coefficient (Wildman–Crippen LogP) is 3.04. The Morgan fingerprint density at radius 3 is 2.60 bits per heavy atom. The normalized spacial score (nSPS) is 10.7. The highest BCUT2D eigenvalue weighted by Gasteiger charge is 2.14. The molecular weight excluding hydrogens is 330 g/mol. The van der Waals surface area contributed by atoms with Gasteiger partial charge in [-0.15, -0.1) is 0 Å². The summed E-state index contributed by atoms with van der Waals surface area (Å²) in [7, 11) is 0. The van der Waals surface area contributed by atoms with Crippen molar-refractivity contribution in [1.82, 2.24) is 10.5 Å². The molecular formula is C18H14F2N2O3. The molecule has 0 radical (unpaired) electrons. The highest BCUT2D eigenvalue weighted by atomic mass is 19.1. The zero-order valence-corrected chi connectivity index (χ0v) is 13.0. The molecule has 0 atom stereocenters. The number of halogens is 2. The Morgan fingerprint density at radius 2 is 1.88 bits per heavy atom. The third-order valence-corrected chi connectivity index (χ3v) is 3.61. The summed E-state index contributed by atoms with van der Waals surface area (Å²) in [5, 5.41) is 15.4. The summed E-state index contributed by atoms with van der Waals surface area (Å²) >= 11 is 0. The molecule has 0 unspecified atom stereocenters. The number of carbonyl (C=O) groups is 1. The van der Waals surface area contributed by atoms with E-state index in [1.807, 2.05) is 0 Å². The standard InChI is InChI=1S/C18H14F2N2O3/c19-14-4-2-12(3-5-14)17-8-16(22-25-17)18(24)21-9-11-1-6-15(20)13(7-11)10-23/h1-8,23H,9-10H2,(H,21,24). The first kappa shape index (κ1) is 16.8. The Bertz CT molecular complexity index is 892. The number of amides is 1. The van der Waals surface area contributed by atoms with Crippen molar-refractivity contribution in [3.05, 3.63) is 77.0 Å². The monoisotopic (exact) mass is 344 g/mol. The molecule has 1 amide bonds. The zero-order chi connectivity index (χ0) is 17.8. The van der Waals surface area contributed by atoms with E-state index in [1.165, 1.54) is 48.5 Å². The summed E-state index contributed by atoms with van der Waals surface area (Å²) < 4.78 is 31.4. The minimum absolute atomic E-state index is 0.0730. The predicted molar refractivity (Wildman–Crippen MR) is 85.4 cm³/mol. The molecule has 0 bridgehead atoms. The summed E-state index contributed by atoms with van der Waals surface area (Å²) in [6, 6.07) is 11.3. The van der Waals surface area contributed by atoms with Gasteiger partial charge in [-0.1, -0.05) is 11.2 Å². The number of aliphatic hydroxyl groups excluding tert-OH is 1. The van der Waals surface area contributed by atoms with E-state index in [-0.39, 0.29) is 23.6 Å². The second-order valence-corrected chi connectivity index (χ2v) is 5.35. The first-order valence-corrected chi connectivity index (χ1v) is 7.46. The number of aromatic nitrogens is 1. The van der Waals surface area contributed by atoms with Gasteiger partial charge in [-0.05, 0) is 42.0 Å². The van der Waals surface area contributed by atoms with Crippen LogP contribution in [0.3, 0.4) is 0 Å². The van der Waals surface area contributed by atoms with Crippen LogP contribution in [0.4, 0.5) is 8.78 Å². The SMILES string of the molecule is O=C(NCc1ccc(F)c(CO)c1)c1cc(-c2ccc(F)cc2)on1. The molecule has 1 heterocycles. The van der Waals surface area contributed by atoms with Crippen LogP contribution in [-0.4, -0.2) is 16.2 Å². The first-order chi connectivity index (χ1) is 12.1. The summed E-state index contributed by atoms with van der Waals surface area (Å²) in [5.74, 6) is -0.998. The van der Waals surface area contributed by atoms with Crippen molar-refractivity contribution >= 4 is 5.91 Å². The van der Waals surface area contributed by atoms with Crippen molar-refractivity contribution in [3.8, 4) is 11.3 Å². The zero-order valence-electron chi connectivity index (χ0n) is 13.0. The van der Waals surface area contributed by atoms with E-state index < -0.39 is 18.3 Å². The van der Waals surface area contributed by atoms with Crippen LogP contribution in [0.5, 0.6) is 0 Å². The second kappa shape index (κ2) is 7.23. The third-order valence-electron chi connectivity index (χ3n) is 3.61. The van der Waals surface area contributed by atoms with Crippen molar-refractivity contribution in [2.24, 2.45) is 0 Å². The van der Waals surface area contributed by atoms with E-state index in [0.717, 1.165) is 0 Å². The van der Waals surface area contributed by atoms with Crippen LogP contribution in [0.1, 0.15) is 21.6 Å². The molecule has 0 aliphatic carbocycles. The fraction of sp³-hybridized carbons (Fsp3) is 0.111. The van der Waals surface area contributed by atoms with Crippen molar-refractivity contribution in [2.75, 3.05) is 0 Å². The van der Waals surface area contributed by atoms with Crippen LogP contribution < -0.4 is 5.32 Å². The maximum absolute atomic E-state index is 13.3. The molecule has 2 N–H and O–H groups in total. The van der Waals surface area contributed by atoms with Crippen LogP contribution in [-0.2, 0) is 13.2 Å². The summed E-state index contributed by atoms with van der Waals surface area (Å²) in [6.07, 6.45) is 0. The van der Waals surface area contributed by atoms with Crippen molar-refractivity contribution in [3.63, 3.8) is 0 Å². The lowest BCUT2D eigenvalue weighted by atomic mass is 10.1. The average molecular weight is 344 g/mol. The minimum atomic E-state index is -0.502. The Hall–Kier alpha value is -3.06. The Kier molecular flexibility index (Phi) is 4.85. The van der Waals surface area contributed by atoms with Gasteiger partial charge in [0.2, 0.25) is 0 Å². The van der Waals surface area contributed by atoms with Crippen molar-refractivity contribution < 1.29 is 23.2 Å². The van der Waals surface area contributed by atoms with E-state index in [4.69, 9.17) is 9.63 Å². The Morgan fingerprint density at radius 1 is 1.12 bits per heavy atom. The van der Waals surface area contributed by atoms with Crippen LogP contribution in [0.15, 0.2) is 53.1 Å². The highest BCUT2D eigenvalue weighted by molar-refractivity contribution is 5.93. The first-order valence-electron chi connectivity index (χ1n) is 7.46. The molecule has 0 saturated carbocycles. The number of nitrogens with zero attached hydrogens (tertiary/aromatic N) is 1. The largest absolute Gasteiger partial charge is 0.392 e. The number of hydrogen-bond acceptors (Lipinski definition) is 4. The van der Waals surface area contributed by atoms with Gasteiger partial charge in [0.25, 0.3) is 5.91 Å². The van der Waals surface area contributed by atoms with E-state index in [0.29, 0.717) is 16.9 Å². The van der Waals surface area contributed by atoms with Gasteiger partial charge in [0.05, 0.1) is 6.61 Å². The highest BCUT2D eigenvalue weighted by Crippen LogP contribution is 2.20. The van der Waals surface area contributed by atoms with Crippen LogP contribution in [0.2, 0.25) is 0 Å². The fourth-order valence-corrected chi connectivity index (χ4v) is 2.26. The lowest BCUT2D eigenvalue weighted by Gasteiger charge is -2.05. The summed E-state index contributed by atoms with van der Waals surface area (Å²) in [5.41, 5.74) is 1.47. The topological polar surface area (TPSA) is 75.4 Å². The van der Waals surface area contributed by atoms with Crippen LogP contribution in [0, 0.1) is 11.6 Å². The number of hydrogen-bond donors (Lipinski definition) is 2. The van der Waals surface area contributed by atoms with Crippen LogP contribution in [0.25, 0.3) is 11.3 Å². The van der Waals surface area contributed by atoms with Crippen LogP contribution >= 0.6 is 0 Å². The van der Waals surface area contributed by atoms with E-state index in [2.05, 4.69) is 10.5 Å². The minimum Gasteiger partial charge on any atom is -0.392 e. The second-order valence-electron chi connectivity index (χ2n) is 5.35. The molecule has 7 heteroatoms. The molecule has 0 saturated heterocycles. The molecule has 3 aromatic rings. The molecule has 128 valence electrons. The van der Waals surface area contributed by atoms with Gasteiger partial charge in [0.1, 0.15) is 11.6 Å². The number of nitrogens with one attached hydrogen (secondary N) is 1. The molecule has 1 aromatic heterocycles. The summed E-state index contributed by atoms with van der Waals surface area (Å²) in [4.78, 5) is 12.1. The number of aliphatic hydroxyl groups is 1. The van der Waals surface area contributed by atoms with Gasteiger partial charge in [-0.3, -0.25) is 4.79 Å². The smallest absolute Gasteiger partial charge is 0.273 e. The maximum Gasteiger partial charge on any atom is 0.273 e. The lowest BCUT2D eigenvalue weighted by molar-refractivity contribution is 0.0942.